The minimum absolute atomic E-state index is 0.194. The van der Waals surface area contributed by atoms with E-state index in [1.54, 1.807) is 6.92 Å². The lowest BCUT2D eigenvalue weighted by Gasteiger charge is -1.88. The van der Waals surface area contributed by atoms with Crippen LogP contribution < -0.4 is 0 Å². The third-order valence-corrected chi connectivity index (χ3v) is 2.44. The molecule has 0 aliphatic rings. The van der Waals surface area contributed by atoms with Crippen LogP contribution in [0.1, 0.15) is 20.4 Å². The molecule has 1 rings (SSSR count). The van der Waals surface area contributed by atoms with E-state index in [1.165, 1.54) is 11.3 Å². The topological polar surface area (TPSA) is 50.2 Å². The number of aromatic nitrogens is 1. The smallest absolute Gasteiger partial charge is 0.200 e. The molecule has 12 heavy (non-hydrogen) atoms. The predicted octanol–water partition coefficient (Wildman–Crippen LogP) is 2.01. The van der Waals surface area contributed by atoms with E-state index < -0.39 is 0 Å². The number of hydrogen-bond donors (Lipinski definition) is 1. The van der Waals surface area contributed by atoms with Crippen LogP contribution in [0.5, 0.6) is 0 Å². The molecule has 3 nitrogen and oxygen atoms in total. The molecule has 0 saturated carbocycles. The third-order valence-electron chi connectivity index (χ3n) is 1.35. The number of rotatable bonds is 2. The van der Waals surface area contributed by atoms with Crippen LogP contribution in [0.4, 0.5) is 0 Å². The highest BCUT2D eigenvalue weighted by atomic mass is 32.1. The molecule has 1 aromatic rings. The molecule has 0 unspecified atom stereocenters. The first-order valence-corrected chi connectivity index (χ1v) is 4.26. The van der Waals surface area contributed by atoms with Crippen LogP contribution in [0, 0.1) is 13.8 Å². The highest BCUT2D eigenvalue weighted by Crippen LogP contribution is 2.17. The molecule has 1 heterocycles. The number of ketones is 1. The third kappa shape index (κ3) is 1.71. The molecule has 0 fully saturated rings. The van der Waals surface area contributed by atoms with Gasteiger partial charge in [0.25, 0.3) is 0 Å². The molecule has 0 atom stereocenters. The summed E-state index contributed by atoms with van der Waals surface area (Å²) in [5.74, 6) is -0.194. The molecule has 0 bridgehead atoms. The van der Waals surface area contributed by atoms with Crippen LogP contribution in [0.2, 0.25) is 0 Å². The van der Waals surface area contributed by atoms with Crippen molar-refractivity contribution in [3.63, 3.8) is 0 Å². The van der Waals surface area contributed by atoms with Crippen molar-refractivity contribution < 1.29 is 9.90 Å². The average molecular weight is 183 g/mol. The maximum atomic E-state index is 11.2. The molecule has 0 aliphatic heterocycles. The van der Waals surface area contributed by atoms with Crippen LogP contribution in [-0.2, 0) is 0 Å². The summed E-state index contributed by atoms with van der Waals surface area (Å²) in [4.78, 5) is 15.9. The zero-order chi connectivity index (χ0) is 9.14. The van der Waals surface area contributed by atoms with Gasteiger partial charge in [0, 0.05) is 6.08 Å². The second-order valence-corrected chi connectivity index (χ2v) is 3.53. The first kappa shape index (κ1) is 8.93. The first-order chi connectivity index (χ1) is 5.65. The van der Waals surface area contributed by atoms with Crippen molar-refractivity contribution in [1.29, 1.82) is 0 Å². The Bertz CT molecular complexity index is 328. The van der Waals surface area contributed by atoms with Gasteiger partial charge in [-0.3, -0.25) is 4.79 Å². The molecule has 0 aliphatic carbocycles. The lowest BCUT2D eigenvalue weighted by Crippen LogP contribution is -1.92. The number of carbonyl (C=O) groups is 1. The standard InChI is InChI=1S/C8H9NO2S/c1-5-8(7(11)3-4-10)12-6(2)9-5/h3-4,10H,1-2H3. The molecule has 0 spiro atoms. The minimum atomic E-state index is -0.194. The number of allylic oxidation sites excluding steroid dienone is 1. The van der Waals surface area contributed by atoms with Gasteiger partial charge in [0.1, 0.15) is 0 Å². The summed E-state index contributed by atoms with van der Waals surface area (Å²) in [7, 11) is 0. The number of aliphatic hydroxyl groups excluding tert-OH is 1. The molecule has 4 heteroatoms. The van der Waals surface area contributed by atoms with Crippen molar-refractivity contribution in [1.82, 2.24) is 4.98 Å². The van der Waals surface area contributed by atoms with E-state index in [1.807, 2.05) is 6.92 Å². The number of nitrogens with zero attached hydrogens (tertiary/aromatic N) is 1. The zero-order valence-electron chi connectivity index (χ0n) is 6.87. The summed E-state index contributed by atoms with van der Waals surface area (Å²) in [6, 6.07) is 0. The van der Waals surface area contributed by atoms with Gasteiger partial charge in [-0.1, -0.05) is 0 Å². The Kier molecular flexibility index (Phi) is 2.60. The second-order valence-electron chi connectivity index (χ2n) is 2.33. The van der Waals surface area contributed by atoms with Gasteiger partial charge in [-0.25, -0.2) is 4.98 Å². The molecule has 1 aromatic heterocycles. The molecule has 0 radical (unpaired) electrons. The molecular formula is C8H9NO2S. The van der Waals surface area contributed by atoms with Gasteiger partial charge in [0.2, 0.25) is 5.78 Å². The molecular weight excluding hydrogens is 174 g/mol. The zero-order valence-corrected chi connectivity index (χ0v) is 7.68. The van der Waals surface area contributed by atoms with Crippen LogP contribution >= 0.6 is 11.3 Å². The van der Waals surface area contributed by atoms with Crippen molar-refractivity contribution in [2.24, 2.45) is 0 Å². The Morgan fingerprint density at radius 1 is 1.58 bits per heavy atom. The van der Waals surface area contributed by atoms with Crippen molar-refractivity contribution in [2.75, 3.05) is 0 Å². The van der Waals surface area contributed by atoms with Gasteiger partial charge in [-0.2, -0.15) is 0 Å². The Labute approximate surface area is 74.4 Å². The van der Waals surface area contributed by atoms with Crippen LogP contribution in [0.3, 0.4) is 0 Å². The molecule has 64 valence electrons. The van der Waals surface area contributed by atoms with E-state index in [0.717, 1.165) is 23.0 Å². The van der Waals surface area contributed by atoms with Crippen molar-refractivity contribution >= 4 is 17.1 Å². The molecule has 0 saturated heterocycles. The van der Waals surface area contributed by atoms with Gasteiger partial charge in [-0.05, 0) is 13.8 Å². The fourth-order valence-corrected chi connectivity index (χ4v) is 1.74. The molecule has 0 aromatic carbocycles. The summed E-state index contributed by atoms with van der Waals surface area (Å²) < 4.78 is 0. The van der Waals surface area contributed by atoms with E-state index in [4.69, 9.17) is 5.11 Å². The van der Waals surface area contributed by atoms with Crippen molar-refractivity contribution in [3.8, 4) is 0 Å². The fraction of sp³-hybridized carbons (Fsp3) is 0.250. The number of carbonyl (C=O) groups excluding carboxylic acids is 1. The highest BCUT2D eigenvalue weighted by Gasteiger charge is 2.10. The number of aliphatic hydroxyl groups is 1. The highest BCUT2D eigenvalue weighted by molar-refractivity contribution is 7.13. The number of thiazole rings is 1. The SMILES string of the molecule is Cc1nc(C)c(C(=O)C=CO)s1. The Morgan fingerprint density at radius 2 is 2.25 bits per heavy atom. The van der Waals surface area contributed by atoms with Gasteiger partial charge < -0.3 is 5.11 Å². The largest absolute Gasteiger partial charge is 0.515 e. The maximum absolute atomic E-state index is 11.2. The maximum Gasteiger partial charge on any atom is 0.200 e. The summed E-state index contributed by atoms with van der Waals surface area (Å²) in [6.45, 7) is 3.62. The number of hydrogen-bond acceptors (Lipinski definition) is 4. The summed E-state index contributed by atoms with van der Waals surface area (Å²) >= 11 is 1.34. The lowest BCUT2D eigenvalue weighted by atomic mass is 10.3. The van der Waals surface area contributed by atoms with Gasteiger partial charge in [-0.15, -0.1) is 11.3 Å². The number of aryl methyl sites for hydroxylation is 2. The Morgan fingerprint density at radius 3 is 2.67 bits per heavy atom. The van der Waals surface area contributed by atoms with E-state index in [2.05, 4.69) is 4.98 Å². The van der Waals surface area contributed by atoms with E-state index in [-0.39, 0.29) is 5.78 Å². The van der Waals surface area contributed by atoms with Crippen LogP contribution in [-0.4, -0.2) is 15.9 Å². The Balaban J connectivity index is 3.02. The predicted molar refractivity (Wildman–Crippen MR) is 47.7 cm³/mol. The normalized spacial score (nSPS) is 10.8. The Hall–Kier alpha value is -1.16. The van der Waals surface area contributed by atoms with Gasteiger partial charge >= 0.3 is 0 Å². The summed E-state index contributed by atoms with van der Waals surface area (Å²) in [6.07, 6.45) is 1.87. The van der Waals surface area contributed by atoms with Gasteiger partial charge in [0.05, 0.1) is 21.8 Å². The van der Waals surface area contributed by atoms with Crippen molar-refractivity contribution in [3.05, 3.63) is 27.9 Å². The monoisotopic (exact) mass is 183 g/mol. The summed E-state index contributed by atoms with van der Waals surface area (Å²) in [5.41, 5.74) is 0.723. The van der Waals surface area contributed by atoms with Crippen LogP contribution in [0.25, 0.3) is 0 Å². The second kappa shape index (κ2) is 3.49. The molecule has 0 amide bonds. The van der Waals surface area contributed by atoms with Crippen LogP contribution in [0.15, 0.2) is 12.3 Å². The van der Waals surface area contributed by atoms with E-state index >= 15 is 0 Å². The quantitative estimate of drug-likeness (QED) is 0.433. The molecule has 1 N–H and O–H groups in total. The summed E-state index contributed by atoms with van der Waals surface area (Å²) in [5, 5.41) is 9.24. The first-order valence-electron chi connectivity index (χ1n) is 3.44. The average Bonchev–Trinajstić information content (AvgIpc) is 2.30. The fourth-order valence-electron chi connectivity index (χ4n) is 0.903. The minimum Gasteiger partial charge on any atom is -0.515 e. The van der Waals surface area contributed by atoms with E-state index in [0.29, 0.717) is 4.88 Å². The van der Waals surface area contributed by atoms with Gasteiger partial charge in [0.15, 0.2) is 0 Å². The van der Waals surface area contributed by atoms with E-state index in [9.17, 15) is 4.79 Å². The lowest BCUT2D eigenvalue weighted by molar-refractivity contribution is 0.104. The van der Waals surface area contributed by atoms with Crippen molar-refractivity contribution in [2.45, 2.75) is 13.8 Å².